The van der Waals surface area contributed by atoms with Crippen LogP contribution in [0.25, 0.3) is 0 Å². The molecule has 6 heteroatoms. The zero-order valence-electron chi connectivity index (χ0n) is 7.81. The molecule has 1 rings (SSSR count). The number of halogens is 4. The Kier molecular flexibility index (Phi) is 3.68. The van der Waals surface area contributed by atoms with Gasteiger partial charge >= 0.3 is 6.36 Å². The zero-order valence-corrected chi connectivity index (χ0v) is 8.56. The van der Waals surface area contributed by atoms with Crippen LogP contribution in [-0.4, -0.2) is 11.9 Å². The normalized spacial score (nSPS) is 13.4. The summed E-state index contributed by atoms with van der Waals surface area (Å²) in [5.74, 6) is -0.254. The van der Waals surface area contributed by atoms with Crippen molar-refractivity contribution in [2.45, 2.75) is 18.8 Å². The highest BCUT2D eigenvalue weighted by Gasteiger charge is 2.30. The Hall–Kier alpha value is -1.10. The van der Waals surface area contributed by atoms with Crippen LogP contribution in [0.2, 0.25) is 0 Å². The number of hydrogen-bond acceptors (Lipinski definition) is 2. The van der Waals surface area contributed by atoms with E-state index in [1.165, 1.54) is 24.3 Å². The van der Waals surface area contributed by atoms with Gasteiger partial charge < -0.3 is 10.1 Å². The van der Waals surface area contributed by atoms with Gasteiger partial charge in [-0.1, -0.05) is 11.6 Å². The second-order valence-corrected chi connectivity index (χ2v) is 3.49. The summed E-state index contributed by atoms with van der Waals surface area (Å²) in [5.41, 5.74) is 0.339. The molecule has 15 heavy (non-hydrogen) atoms. The molecule has 0 spiro atoms. The minimum atomic E-state index is -4.66. The van der Waals surface area contributed by atoms with Gasteiger partial charge in [-0.2, -0.15) is 0 Å². The van der Waals surface area contributed by atoms with Gasteiger partial charge in [0.25, 0.3) is 0 Å². The molecule has 0 amide bonds. The topological polar surface area (TPSA) is 21.3 Å². The van der Waals surface area contributed by atoms with Gasteiger partial charge in [0, 0.05) is 5.69 Å². The van der Waals surface area contributed by atoms with Crippen LogP contribution in [0.3, 0.4) is 0 Å². The van der Waals surface area contributed by atoms with Gasteiger partial charge in [0.15, 0.2) is 0 Å². The number of benzene rings is 1. The van der Waals surface area contributed by atoms with Gasteiger partial charge in [-0.15, -0.1) is 13.2 Å². The molecule has 1 N–H and O–H groups in total. The van der Waals surface area contributed by atoms with Crippen molar-refractivity contribution >= 4 is 17.3 Å². The summed E-state index contributed by atoms with van der Waals surface area (Å²) in [6, 6.07) is 5.35. The summed E-state index contributed by atoms with van der Waals surface area (Å²) in [7, 11) is 0. The fraction of sp³-hybridized carbons (Fsp3) is 0.333. The van der Waals surface area contributed by atoms with E-state index in [9.17, 15) is 13.2 Å². The number of alkyl halides is 4. The first-order valence-electron chi connectivity index (χ1n) is 4.13. The summed E-state index contributed by atoms with van der Waals surface area (Å²) in [6.45, 7) is 1.71. The molecule has 0 aliphatic carbocycles. The summed E-state index contributed by atoms with van der Waals surface area (Å²) < 4.78 is 39.1. The summed E-state index contributed by atoms with van der Waals surface area (Å²) in [5, 5.41) is 2.82. The predicted molar refractivity (Wildman–Crippen MR) is 52.1 cm³/mol. The van der Waals surface area contributed by atoms with E-state index < -0.39 is 6.36 Å². The van der Waals surface area contributed by atoms with Crippen LogP contribution in [0.4, 0.5) is 18.9 Å². The van der Waals surface area contributed by atoms with Crippen molar-refractivity contribution in [1.82, 2.24) is 0 Å². The number of nitrogens with one attached hydrogen (secondary N) is 1. The molecule has 0 radical (unpaired) electrons. The number of anilines is 1. The first-order valence-corrected chi connectivity index (χ1v) is 4.57. The first-order chi connectivity index (χ1) is 6.87. The molecule has 0 bridgehead atoms. The van der Waals surface area contributed by atoms with E-state index >= 15 is 0 Å². The van der Waals surface area contributed by atoms with Gasteiger partial charge in [0.05, 0.1) is 5.50 Å². The highest BCUT2D eigenvalue weighted by atomic mass is 35.5. The van der Waals surface area contributed by atoms with Crippen molar-refractivity contribution in [3.05, 3.63) is 24.3 Å². The molecule has 1 aromatic rings. The van der Waals surface area contributed by atoms with Crippen LogP contribution in [0.1, 0.15) is 6.92 Å². The van der Waals surface area contributed by atoms with E-state index in [4.69, 9.17) is 11.6 Å². The Morgan fingerprint density at radius 1 is 1.27 bits per heavy atom. The molecule has 0 aliphatic rings. The van der Waals surface area contributed by atoms with E-state index in [0.717, 1.165) is 0 Å². The highest BCUT2D eigenvalue weighted by molar-refractivity contribution is 6.21. The maximum Gasteiger partial charge on any atom is 0.573 e. The standard InChI is InChI=1S/C9H9ClF3NO/c1-6(10)14-7-2-4-8(5-3-7)15-9(11,12)13/h2-6,14H,1H3. The second-order valence-electron chi connectivity index (χ2n) is 2.83. The summed E-state index contributed by atoms with van der Waals surface area (Å²) in [4.78, 5) is 0. The highest BCUT2D eigenvalue weighted by Crippen LogP contribution is 2.24. The molecule has 0 fully saturated rings. The molecule has 0 aliphatic heterocycles. The van der Waals surface area contributed by atoms with E-state index in [0.29, 0.717) is 5.69 Å². The summed E-state index contributed by atoms with van der Waals surface area (Å²) in [6.07, 6.45) is -4.66. The fourth-order valence-electron chi connectivity index (χ4n) is 0.982. The smallest absolute Gasteiger partial charge is 0.406 e. The fourth-order valence-corrected chi connectivity index (χ4v) is 1.11. The van der Waals surface area contributed by atoms with Crippen LogP contribution in [0.15, 0.2) is 24.3 Å². The van der Waals surface area contributed by atoms with E-state index in [2.05, 4.69) is 10.1 Å². The SMILES string of the molecule is CC(Cl)Nc1ccc(OC(F)(F)F)cc1. The molecular weight excluding hydrogens is 231 g/mol. The lowest BCUT2D eigenvalue weighted by Gasteiger charge is -2.11. The van der Waals surface area contributed by atoms with Crippen LogP contribution >= 0.6 is 11.6 Å². The average molecular weight is 240 g/mol. The molecule has 1 atom stereocenters. The largest absolute Gasteiger partial charge is 0.573 e. The quantitative estimate of drug-likeness (QED) is 0.643. The van der Waals surface area contributed by atoms with Crippen LogP contribution in [-0.2, 0) is 0 Å². The van der Waals surface area contributed by atoms with Crippen LogP contribution in [0, 0.1) is 0 Å². The molecule has 0 aromatic heterocycles. The van der Waals surface area contributed by atoms with Crippen molar-refractivity contribution in [3.8, 4) is 5.75 Å². The lowest BCUT2D eigenvalue weighted by Crippen LogP contribution is -2.17. The molecule has 84 valence electrons. The Morgan fingerprint density at radius 3 is 2.20 bits per heavy atom. The zero-order chi connectivity index (χ0) is 11.5. The van der Waals surface area contributed by atoms with E-state index in [1.54, 1.807) is 6.92 Å². The van der Waals surface area contributed by atoms with Crippen molar-refractivity contribution in [1.29, 1.82) is 0 Å². The van der Waals surface area contributed by atoms with Crippen molar-refractivity contribution in [3.63, 3.8) is 0 Å². The lowest BCUT2D eigenvalue weighted by atomic mass is 10.3. The average Bonchev–Trinajstić information content (AvgIpc) is 2.05. The monoisotopic (exact) mass is 239 g/mol. The van der Waals surface area contributed by atoms with Gasteiger partial charge in [-0.25, -0.2) is 0 Å². The Labute approximate surface area is 90.0 Å². The lowest BCUT2D eigenvalue weighted by molar-refractivity contribution is -0.274. The minimum Gasteiger partial charge on any atom is -0.406 e. The van der Waals surface area contributed by atoms with Gasteiger partial charge in [0.2, 0.25) is 0 Å². The van der Waals surface area contributed by atoms with Crippen LogP contribution < -0.4 is 10.1 Å². The maximum atomic E-state index is 11.8. The third-order valence-electron chi connectivity index (χ3n) is 1.45. The third-order valence-corrected chi connectivity index (χ3v) is 1.56. The molecular formula is C9H9ClF3NO. The van der Waals surface area contributed by atoms with E-state index in [-0.39, 0.29) is 11.3 Å². The van der Waals surface area contributed by atoms with Crippen molar-refractivity contribution < 1.29 is 17.9 Å². The van der Waals surface area contributed by atoms with Gasteiger partial charge in [-0.05, 0) is 31.2 Å². The molecule has 1 aromatic carbocycles. The van der Waals surface area contributed by atoms with Gasteiger partial charge in [-0.3, -0.25) is 0 Å². The minimum absolute atomic E-state index is 0.254. The second kappa shape index (κ2) is 4.61. The van der Waals surface area contributed by atoms with Crippen molar-refractivity contribution in [2.75, 3.05) is 5.32 Å². The van der Waals surface area contributed by atoms with Crippen LogP contribution in [0.5, 0.6) is 5.75 Å². The Morgan fingerprint density at radius 2 is 1.80 bits per heavy atom. The Balaban J connectivity index is 2.64. The van der Waals surface area contributed by atoms with Gasteiger partial charge in [0.1, 0.15) is 5.75 Å². The molecule has 2 nitrogen and oxygen atoms in total. The number of ether oxygens (including phenoxy) is 1. The third kappa shape index (κ3) is 4.78. The number of rotatable bonds is 3. The maximum absolute atomic E-state index is 11.8. The molecule has 0 saturated carbocycles. The summed E-state index contributed by atoms with van der Waals surface area (Å²) >= 11 is 5.64. The van der Waals surface area contributed by atoms with Crippen molar-refractivity contribution in [2.24, 2.45) is 0 Å². The Bertz CT molecular complexity index is 310. The number of hydrogen-bond donors (Lipinski definition) is 1. The molecule has 1 unspecified atom stereocenters. The molecule has 0 heterocycles. The predicted octanol–water partition coefficient (Wildman–Crippen LogP) is 3.58. The molecule has 0 saturated heterocycles. The first kappa shape index (κ1) is 12.0. The van der Waals surface area contributed by atoms with E-state index in [1.807, 2.05) is 0 Å².